The van der Waals surface area contributed by atoms with Crippen molar-refractivity contribution >= 4 is 35.0 Å². The number of rotatable bonds is 9. The number of quaternary nitrogens is 1. The molecule has 2 aliphatic rings. The van der Waals surface area contributed by atoms with E-state index in [2.05, 4.69) is 17.0 Å². The van der Waals surface area contributed by atoms with Crippen LogP contribution >= 0.6 is 23.2 Å². The summed E-state index contributed by atoms with van der Waals surface area (Å²) in [5.41, 5.74) is 6.75. The third kappa shape index (κ3) is 6.48. The number of nitrogens with two attached hydrogens (primary N) is 1. The minimum atomic E-state index is -4.48. The molecule has 2 amide bonds. The third-order valence-corrected chi connectivity index (χ3v) is 9.84. The zero-order chi connectivity index (χ0) is 31.0. The molecule has 2 fully saturated rings. The van der Waals surface area contributed by atoms with Crippen molar-refractivity contribution in [3.63, 3.8) is 0 Å². The number of halogens is 5. The van der Waals surface area contributed by atoms with Gasteiger partial charge >= 0.3 is 12.1 Å². The summed E-state index contributed by atoms with van der Waals surface area (Å²) in [4.78, 5) is 30.5. The maximum absolute atomic E-state index is 14.9. The van der Waals surface area contributed by atoms with Gasteiger partial charge in [0, 0.05) is 48.9 Å². The summed E-state index contributed by atoms with van der Waals surface area (Å²) in [5.74, 6) is -0.811. The number of hydrogen-bond acceptors (Lipinski definition) is 3. The van der Waals surface area contributed by atoms with E-state index < -0.39 is 29.1 Å². The van der Waals surface area contributed by atoms with Gasteiger partial charge in [0.25, 0.3) is 5.91 Å². The maximum atomic E-state index is 14.9. The zero-order valence-electron chi connectivity index (χ0n) is 23.9. The summed E-state index contributed by atoms with van der Waals surface area (Å²) >= 11 is 12.8. The molecule has 10 heteroatoms. The van der Waals surface area contributed by atoms with Crippen LogP contribution < -0.4 is 5.73 Å². The molecular formula is C33H35Cl2F3N3O2+. The van der Waals surface area contributed by atoms with Crippen molar-refractivity contribution in [3.8, 4) is 0 Å². The van der Waals surface area contributed by atoms with Gasteiger partial charge in [-0.2, -0.15) is 13.2 Å². The molecule has 3 aromatic rings. The molecule has 1 aliphatic heterocycles. The van der Waals surface area contributed by atoms with Crippen molar-refractivity contribution in [2.24, 2.45) is 5.73 Å². The molecule has 2 atom stereocenters. The van der Waals surface area contributed by atoms with Gasteiger partial charge in [0.1, 0.15) is 5.41 Å². The molecular weight excluding hydrogens is 598 g/mol. The first-order valence-corrected chi connectivity index (χ1v) is 15.2. The number of nitrogens with zero attached hydrogens (tertiary/aromatic N) is 2. The molecule has 1 heterocycles. The lowest BCUT2D eigenvalue weighted by Gasteiger charge is -2.48. The van der Waals surface area contributed by atoms with Crippen LogP contribution in [-0.2, 0) is 34.1 Å². The number of amides is 2. The summed E-state index contributed by atoms with van der Waals surface area (Å²) in [6.07, 6.45) is -2.01. The van der Waals surface area contributed by atoms with Gasteiger partial charge in [-0.05, 0) is 53.8 Å². The number of piperidine rings is 1. The van der Waals surface area contributed by atoms with Gasteiger partial charge in [0.05, 0.1) is 18.7 Å². The summed E-state index contributed by atoms with van der Waals surface area (Å²) in [7, 11) is 1.78. The van der Waals surface area contributed by atoms with Crippen LogP contribution in [0, 0.1) is 0 Å². The van der Waals surface area contributed by atoms with Crippen molar-refractivity contribution in [2.75, 3.05) is 20.1 Å². The number of alkyl halides is 3. The molecule has 43 heavy (non-hydrogen) atoms. The molecule has 5 rings (SSSR count). The van der Waals surface area contributed by atoms with Crippen molar-refractivity contribution in [1.82, 2.24) is 4.90 Å². The fourth-order valence-electron chi connectivity index (χ4n) is 6.69. The second-order valence-corrected chi connectivity index (χ2v) is 12.8. The Kier molecular flexibility index (Phi) is 8.96. The van der Waals surface area contributed by atoms with E-state index in [0.29, 0.717) is 46.9 Å². The lowest BCUT2D eigenvalue weighted by molar-refractivity contribution is -0.878. The normalized spacial score (nSPS) is 19.4. The highest BCUT2D eigenvalue weighted by Crippen LogP contribution is 2.54. The van der Waals surface area contributed by atoms with E-state index in [0.717, 1.165) is 31.8 Å². The van der Waals surface area contributed by atoms with E-state index in [9.17, 15) is 22.8 Å². The minimum Gasteiger partial charge on any atom is -0.364 e. The zero-order valence-corrected chi connectivity index (χ0v) is 25.4. The van der Waals surface area contributed by atoms with E-state index in [-0.39, 0.29) is 22.9 Å². The van der Waals surface area contributed by atoms with Crippen molar-refractivity contribution in [2.45, 2.75) is 62.3 Å². The van der Waals surface area contributed by atoms with Gasteiger partial charge in [0.15, 0.2) is 6.04 Å². The van der Waals surface area contributed by atoms with Gasteiger partial charge in [-0.3, -0.25) is 9.69 Å². The first-order valence-electron chi connectivity index (χ1n) is 14.4. The van der Waals surface area contributed by atoms with E-state index in [4.69, 9.17) is 28.9 Å². The Morgan fingerprint density at radius 2 is 1.60 bits per heavy atom. The predicted molar refractivity (Wildman–Crippen MR) is 161 cm³/mol. The van der Waals surface area contributed by atoms with Gasteiger partial charge in [-0.25, -0.2) is 9.28 Å². The van der Waals surface area contributed by atoms with E-state index in [1.165, 1.54) is 17.7 Å². The maximum Gasteiger partial charge on any atom is 0.416 e. The second kappa shape index (κ2) is 12.2. The number of carbonyl (C=O) groups excluding carboxylic acids is 2. The second-order valence-electron chi connectivity index (χ2n) is 12.0. The Morgan fingerprint density at radius 3 is 2.14 bits per heavy atom. The Balaban J connectivity index is 1.48. The molecule has 0 aromatic heterocycles. The Morgan fingerprint density at radius 1 is 0.977 bits per heavy atom. The minimum absolute atomic E-state index is 0.0321. The van der Waals surface area contributed by atoms with Crippen LogP contribution in [0.2, 0.25) is 10.0 Å². The fourth-order valence-corrected chi connectivity index (χ4v) is 7.28. The highest BCUT2D eigenvalue weighted by atomic mass is 35.5. The molecule has 3 aromatic carbocycles. The van der Waals surface area contributed by atoms with E-state index in [1.54, 1.807) is 25.2 Å². The Bertz CT molecular complexity index is 1470. The smallest absolute Gasteiger partial charge is 0.364 e. The molecule has 0 bridgehead atoms. The molecule has 1 saturated heterocycles. The van der Waals surface area contributed by atoms with Crippen LogP contribution in [0.1, 0.15) is 47.9 Å². The standard InChI is InChI=1S/C33H34Cl2F3N3O2/c1-41(26-13-17-40(18-14-26)21-23-5-3-2-4-6-23,31(43)32(15-16-32)27-12-11-25(34)20-28(27)35)29(30(39)42)19-22-7-9-24(10-8-22)33(36,37)38/h2-12,20,26,29H,13-19,21H2,1H3,(H-,39,42)/p+1/t29-,41?/m0/s1. The number of likely N-dealkylation sites (tertiary alicyclic amines) is 1. The number of carbonyl (C=O) groups is 2. The largest absolute Gasteiger partial charge is 0.416 e. The van der Waals surface area contributed by atoms with E-state index in [1.807, 2.05) is 18.2 Å². The average Bonchev–Trinajstić information content (AvgIpc) is 3.77. The van der Waals surface area contributed by atoms with Crippen LogP contribution in [0.4, 0.5) is 13.2 Å². The first kappa shape index (κ1) is 31.5. The highest BCUT2D eigenvalue weighted by Gasteiger charge is 2.64. The Hall–Kier alpha value is -2.91. The summed E-state index contributed by atoms with van der Waals surface area (Å²) in [6.45, 7) is 2.22. The van der Waals surface area contributed by atoms with Crippen LogP contribution in [-0.4, -0.2) is 53.4 Å². The average molecular weight is 634 g/mol. The number of hydrogen-bond donors (Lipinski definition) is 1. The van der Waals surface area contributed by atoms with Crippen molar-refractivity contribution < 1.29 is 27.2 Å². The predicted octanol–water partition coefficient (Wildman–Crippen LogP) is 6.78. The van der Waals surface area contributed by atoms with E-state index >= 15 is 0 Å². The first-order chi connectivity index (χ1) is 20.3. The summed E-state index contributed by atoms with van der Waals surface area (Å²) < 4.78 is 39.4. The SMILES string of the molecule is C[N+](C(=O)C1(c2ccc(Cl)cc2Cl)CC1)(C1CCN(Cc2ccccc2)CC1)[C@@H](Cc1ccc(C(F)(F)F)cc1)C(N)=O. The lowest BCUT2D eigenvalue weighted by atomic mass is 9.87. The van der Waals surface area contributed by atoms with Crippen LogP contribution in [0.25, 0.3) is 0 Å². The van der Waals surface area contributed by atoms with Gasteiger partial charge in [0.2, 0.25) is 0 Å². The topological polar surface area (TPSA) is 63.4 Å². The molecule has 2 N–H and O–H groups in total. The fraction of sp³-hybridized carbons (Fsp3) is 0.394. The monoisotopic (exact) mass is 632 g/mol. The van der Waals surface area contributed by atoms with Crippen LogP contribution in [0.3, 0.4) is 0 Å². The lowest BCUT2D eigenvalue weighted by Crippen LogP contribution is -2.70. The summed E-state index contributed by atoms with van der Waals surface area (Å²) in [6, 6.07) is 18.7. The van der Waals surface area contributed by atoms with Gasteiger partial charge in [-0.15, -0.1) is 0 Å². The quantitative estimate of drug-likeness (QED) is 0.265. The van der Waals surface area contributed by atoms with Crippen LogP contribution in [0.5, 0.6) is 0 Å². The number of benzene rings is 3. The highest BCUT2D eigenvalue weighted by molar-refractivity contribution is 6.35. The number of primary amides is 1. The molecule has 228 valence electrons. The molecule has 1 saturated carbocycles. The molecule has 1 aliphatic carbocycles. The molecule has 1 unspecified atom stereocenters. The molecule has 0 radical (unpaired) electrons. The summed E-state index contributed by atoms with van der Waals surface area (Å²) in [5, 5.41) is 0.846. The van der Waals surface area contributed by atoms with Crippen molar-refractivity contribution in [3.05, 3.63) is 105 Å². The molecule has 5 nitrogen and oxygen atoms in total. The van der Waals surface area contributed by atoms with Gasteiger partial charge in [-0.1, -0.05) is 71.7 Å². The van der Waals surface area contributed by atoms with Crippen molar-refractivity contribution in [1.29, 1.82) is 0 Å². The molecule has 0 spiro atoms. The van der Waals surface area contributed by atoms with Gasteiger partial charge < -0.3 is 5.73 Å². The third-order valence-electron chi connectivity index (χ3n) is 9.29. The van der Waals surface area contributed by atoms with Crippen LogP contribution in [0.15, 0.2) is 72.8 Å². The number of likely N-dealkylation sites (N-methyl/N-ethyl adjacent to an activating group) is 1. The Labute approximate surface area is 260 Å².